The molecule has 5 aromatic rings. The summed E-state index contributed by atoms with van der Waals surface area (Å²) in [5, 5.41) is 20.1. The van der Waals surface area contributed by atoms with Crippen LogP contribution in [0.15, 0.2) is 97.1 Å². The van der Waals surface area contributed by atoms with Gasteiger partial charge in [0.25, 0.3) is 0 Å². The second kappa shape index (κ2) is 10.4. The van der Waals surface area contributed by atoms with E-state index in [0.29, 0.717) is 45.3 Å². The molecule has 190 valence electrons. The number of ether oxygens (including phenoxy) is 3. The summed E-state index contributed by atoms with van der Waals surface area (Å²) in [7, 11) is 1.57. The number of carboxylic acid groups (broad SMARTS) is 2. The third kappa shape index (κ3) is 5.01. The second-order valence-corrected chi connectivity index (χ2v) is 8.40. The first-order valence-corrected chi connectivity index (χ1v) is 11.7. The largest absolute Gasteiger partial charge is 0.497 e. The highest BCUT2D eigenvalue weighted by Crippen LogP contribution is 2.35. The molecule has 1 aromatic heterocycles. The number of hydrogen-bond acceptors (Lipinski definition) is 5. The van der Waals surface area contributed by atoms with Crippen LogP contribution in [0, 0.1) is 0 Å². The maximum Gasteiger partial charge on any atom is 0.338 e. The van der Waals surface area contributed by atoms with Gasteiger partial charge in [0, 0.05) is 16.8 Å². The zero-order valence-electron chi connectivity index (χ0n) is 20.3. The SMILES string of the molecule is COc1ccc(Oc2ccc3c(c2)c(C(=O)O)c(CC(=O)O)n3-c2ccc(Oc3ccccc3)cc2)cc1. The van der Waals surface area contributed by atoms with E-state index in [0.717, 1.165) is 0 Å². The lowest BCUT2D eigenvalue weighted by Gasteiger charge is -2.12. The Labute approximate surface area is 217 Å². The van der Waals surface area contributed by atoms with E-state index >= 15 is 0 Å². The number of para-hydroxylation sites is 1. The van der Waals surface area contributed by atoms with Crippen LogP contribution in [0.5, 0.6) is 28.7 Å². The fourth-order valence-electron chi connectivity index (χ4n) is 4.30. The van der Waals surface area contributed by atoms with Gasteiger partial charge in [0.15, 0.2) is 0 Å². The molecule has 0 saturated carbocycles. The molecule has 0 radical (unpaired) electrons. The van der Waals surface area contributed by atoms with Gasteiger partial charge in [-0.15, -0.1) is 0 Å². The Balaban J connectivity index is 1.58. The minimum atomic E-state index is -1.23. The summed E-state index contributed by atoms with van der Waals surface area (Å²) in [6, 6.07) is 28.4. The number of fused-ring (bicyclic) bond motifs is 1. The van der Waals surface area contributed by atoms with Gasteiger partial charge in [-0.1, -0.05) is 18.2 Å². The number of carbonyl (C=O) groups is 2. The zero-order chi connectivity index (χ0) is 26.6. The van der Waals surface area contributed by atoms with Crippen molar-refractivity contribution in [3.63, 3.8) is 0 Å². The van der Waals surface area contributed by atoms with E-state index in [1.165, 1.54) is 0 Å². The van der Waals surface area contributed by atoms with Gasteiger partial charge in [0.05, 0.1) is 24.6 Å². The number of aromatic carboxylic acids is 1. The summed E-state index contributed by atoms with van der Waals surface area (Å²) >= 11 is 0. The third-order valence-electron chi connectivity index (χ3n) is 5.94. The van der Waals surface area contributed by atoms with Crippen LogP contribution >= 0.6 is 0 Å². The van der Waals surface area contributed by atoms with Gasteiger partial charge in [0.1, 0.15) is 28.7 Å². The Morgan fingerprint density at radius 2 is 1.26 bits per heavy atom. The van der Waals surface area contributed by atoms with Crippen LogP contribution in [-0.4, -0.2) is 33.8 Å². The highest BCUT2D eigenvalue weighted by Gasteiger charge is 2.25. The average Bonchev–Trinajstić information content (AvgIpc) is 3.22. The van der Waals surface area contributed by atoms with Crippen LogP contribution in [0.4, 0.5) is 0 Å². The third-order valence-corrected chi connectivity index (χ3v) is 5.94. The van der Waals surface area contributed by atoms with Gasteiger partial charge in [-0.2, -0.15) is 0 Å². The zero-order valence-corrected chi connectivity index (χ0v) is 20.3. The molecule has 8 heteroatoms. The molecule has 0 amide bonds. The van der Waals surface area contributed by atoms with Crippen molar-refractivity contribution >= 4 is 22.8 Å². The topological polar surface area (TPSA) is 107 Å². The molecule has 0 aliphatic rings. The van der Waals surface area contributed by atoms with E-state index in [4.69, 9.17) is 14.2 Å². The van der Waals surface area contributed by atoms with Crippen LogP contribution < -0.4 is 14.2 Å². The number of benzene rings is 4. The molecule has 0 bridgehead atoms. The molecule has 0 atom stereocenters. The summed E-state index contributed by atoms with van der Waals surface area (Å²) in [5.41, 5.74) is 1.20. The molecule has 2 N–H and O–H groups in total. The van der Waals surface area contributed by atoms with Crippen molar-refractivity contribution in [3.05, 3.63) is 108 Å². The Kier molecular flexibility index (Phi) is 6.69. The molecule has 5 rings (SSSR count). The molecule has 8 nitrogen and oxygen atoms in total. The second-order valence-electron chi connectivity index (χ2n) is 8.40. The Morgan fingerprint density at radius 1 is 0.711 bits per heavy atom. The molecular weight excluding hydrogens is 486 g/mol. The molecule has 0 spiro atoms. The van der Waals surface area contributed by atoms with Crippen molar-refractivity contribution in [1.29, 1.82) is 0 Å². The lowest BCUT2D eigenvalue weighted by atomic mass is 10.1. The Hall–Kier alpha value is -5.24. The summed E-state index contributed by atoms with van der Waals surface area (Å²) < 4.78 is 18.6. The molecule has 0 aliphatic heterocycles. The minimum absolute atomic E-state index is 0.0906. The van der Waals surface area contributed by atoms with Crippen LogP contribution in [0.25, 0.3) is 16.6 Å². The summed E-state index contributed by atoms with van der Waals surface area (Å²) in [4.78, 5) is 24.1. The van der Waals surface area contributed by atoms with E-state index < -0.39 is 18.4 Å². The summed E-state index contributed by atoms with van der Waals surface area (Å²) in [5.74, 6) is 0.528. The van der Waals surface area contributed by atoms with Gasteiger partial charge in [-0.3, -0.25) is 4.79 Å². The molecule has 4 aromatic carbocycles. The first kappa shape index (κ1) is 24.5. The number of nitrogens with zero attached hydrogens (tertiary/aromatic N) is 1. The summed E-state index contributed by atoms with van der Waals surface area (Å²) in [6.07, 6.45) is -0.479. The molecule has 0 saturated heterocycles. The van der Waals surface area contributed by atoms with Crippen LogP contribution in [-0.2, 0) is 11.2 Å². The van der Waals surface area contributed by atoms with Crippen molar-refractivity contribution in [2.75, 3.05) is 7.11 Å². The maximum atomic E-state index is 12.4. The summed E-state index contributed by atoms with van der Waals surface area (Å²) in [6.45, 7) is 0. The molecule has 0 aliphatic carbocycles. The Morgan fingerprint density at radius 3 is 1.87 bits per heavy atom. The maximum absolute atomic E-state index is 12.4. The van der Waals surface area contributed by atoms with E-state index in [2.05, 4.69) is 0 Å². The standard InChI is InChI=1S/C30H23NO7/c1-36-20-11-13-23(14-12-20)38-24-15-16-26-25(17-24)29(30(34)35)27(18-28(32)33)31(26)19-7-9-22(10-8-19)37-21-5-3-2-4-6-21/h2-17H,18H2,1H3,(H,32,33)(H,34,35). The van der Waals surface area contributed by atoms with Crippen molar-refractivity contribution < 1.29 is 34.0 Å². The fourth-order valence-corrected chi connectivity index (χ4v) is 4.30. The van der Waals surface area contributed by atoms with Crippen molar-refractivity contribution in [2.45, 2.75) is 6.42 Å². The van der Waals surface area contributed by atoms with E-state index in [-0.39, 0.29) is 11.3 Å². The molecular formula is C30H23NO7. The van der Waals surface area contributed by atoms with Gasteiger partial charge in [0.2, 0.25) is 0 Å². The number of aromatic nitrogens is 1. The molecule has 0 unspecified atom stereocenters. The van der Waals surface area contributed by atoms with Crippen molar-refractivity contribution in [1.82, 2.24) is 4.57 Å². The van der Waals surface area contributed by atoms with Gasteiger partial charge < -0.3 is 29.0 Å². The lowest BCUT2D eigenvalue weighted by molar-refractivity contribution is -0.136. The highest BCUT2D eigenvalue weighted by atomic mass is 16.5. The van der Waals surface area contributed by atoms with Crippen LogP contribution in [0.1, 0.15) is 16.1 Å². The predicted octanol–water partition coefficient (Wildman–Crippen LogP) is 6.55. The predicted molar refractivity (Wildman–Crippen MR) is 141 cm³/mol. The number of hydrogen-bond donors (Lipinski definition) is 2. The molecule has 0 fully saturated rings. The highest BCUT2D eigenvalue weighted by molar-refractivity contribution is 6.07. The number of rotatable bonds is 9. The number of aliphatic carboxylic acids is 1. The lowest BCUT2D eigenvalue weighted by Crippen LogP contribution is -2.11. The molecule has 1 heterocycles. The first-order valence-electron chi connectivity index (χ1n) is 11.7. The smallest absolute Gasteiger partial charge is 0.338 e. The van der Waals surface area contributed by atoms with E-state index in [9.17, 15) is 19.8 Å². The van der Waals surface area contributed by atoms with E-state index in [1.54, 1.807) is 78.4 Å². The first-order chi connectivity index (χ1) is 18.4. The normalized spacial score (nSPS) is 10.8. The fraction of sp³-hybridized carbons (Fsp3) is 0.0667. The van der Waals surface area contributed by atoms with Gasteiger partial charge in [-0.25, -0.2) is 4.79 Å². The van der Waals surface area contributed by atoms with Crippen LogP contribution in [0.3, 0.4) is 0 Å². The monoisotopic (exact) mass is 509 g/mol. The molecule has 38 heavy (non-hydrogen) atoms. The van der Waals surface area contributed by atoms with Gasteiger partial charge >= 0.3 is 11.9 Å². The number of methoxy groups -OCH3 is 1. The minimum Gasteiger partial charge on any atom is -0.497 e. The van der Waals surface area contributed by atoms with Crippen molar-refractivity contribution in [2.24, 2.45) is 0 Å². The van der Waals surface area contributed by atoms with E-state index in [1.807, 2.05) is 30.3 Å². The Bertz CT molecular complexity index is 1610. The van der Waals surface area contributed by atoms with Gasteiger partial charge in [-0.05, 0) is 78.9 Å². The quantitative estimate of drug-likeness (QED) is 0.232. The number of carboxylic acids is 2. The van der Waals surface area contributed by atoms with Crippen molar-refractivity contribution in [3.8, 4) is 34.4 Å². The van der Waals surface area contributed by atoms with Crippen LogP contribution in [0.2, 0.25) is 0 Å². The average molecular weight is 510 g/mol.